The van der Waals surface area contributed by atoms with E-state index in [9.17, 15) is 0 Å². The quantitative estimate of drug-likeness (QED) is 0.764. The van der Waals surface area contributed by atoms with Gasteiger partial charge in [-0.1, -0.05) is 6.42 Å². The highest BCUT2D eigenvalue weighted by Gasteiger charge is 2.39. The number of rotatable bonds is 7. The van der Waals surface area contributed by atoms with Crippen molar-refractivity contribution in [1.29, 1.82) is 0 Å². The molecule has 4 atom stereocenters. The molecule has 112 valence electrons. The molecule has 2 aliphatic carbocycles. The van der Waals surface area contributed by atoms with Crippen LogP contribution in [0.5, 0.6) is 0 Å². The van der Waals surface area contributed by atoms with Crippen LogP contribution in [0.2, 0.25) is 0 Å². The van der Waals surface area contributed by atoms with Crippen molar-refractivity contribution in [2.75, 3.05) is 20.3 Å². The molecule has 0 saturated heterocycles. The fourth-order valence-corrected chi connectivity index (χ4v) is 3.94. The van der Waals surface area contributed by atoms with Crippen molar-refractivity contribution in [1.82, 2.24) is 25.5 Å². The number of tetrazole rings is 1. The van der Waals surface area contributed by atoms with Crippen LogP contribution < -0.4 is 5.32 Å². The van der Waals surface area contributed by atoms with Crippen molar-refractivity contribution in [2.45, 2.75) is 45.2 Å². The van der Waals surface area contributed by atoms with Gasteiger partial charge in [0, 0.05) is 20.2 Å². The second kappa shape index (κ2) is 6.18. The van der Waals surface area contributed by atoms with Gasteiger partial charge in [-0.25, -0.2) is 4.68 Å². The summed E-state index contributed by atoms with van der Waals surface area (Å²) in [6.45, 7) is 4.62. The van der Waals surface area contributed by atoms with Crippen LogP contribution in [0.1, 0.15) is 44.5 Å². The summed E-state index contributed by atoms with van der Waals surface area (Å²) in [6.07, 6.45) is 5.66. The third-order valence-corrected chi connectivity index (χ3v) is 5.00. The Balaban J connectivity index is 1.58. The van der Waals surface area contributed by atoms with E-state index < -0.39 is 0 Å². The monoisotopic (exact) mass is 279 g/mol. The van der Waals surface area contributed by atoms with E-state index in [2.05, 4.69) is 27.8 Å². The molecule has 3 rings (SSSR count). The lowest BCUT2D eigenvalue weighted by atomic mass is 9.89. The first-order valence-corrected chi connectivity index (χ1v) is 7.76. The minimum Gasteiger partial charge on any atom is -0.383 e. The fourth-order valence-electron chi connectivity index (χ4n) is 3.94. The van der Waals surface area contributed by atoms with Crippen molar-refractivity contribution in [3.63, 3.8) is 0 Å². The Hall–Kier alpha value is -1.01. The molecule has 2 aliphatic rings. The number of methoxy groups -OCH3 is 1. The molecular weight excluding hydrogens is 254 g/mol. The number of ether oxygens (including phenoxy) is 1. The predicted octanol–water partition coefficient (Wildman–Crippen LogP) is 1.41. The molecule has 0 radical (unpaired) electrons. The first-order valence-electron chi connectivity index (χ1n) is 7.76. The van der Waals surface area contributed by atoms with E-state index in [1.807, 2.05) is 4.68 Å². The van der Waals surface area contributed by atoms with E-state index in [1.54, 1.807) is 7.11 Å². The topological polar surface area (TPSA) is 64.9 Å². The summed E-state index contributed by atoms with van der Waals surface area (Å²) in [5.41, 5.74) is 0. The van der Waals surface area contributed by atoms with Crippen molar-refractivity contribution in [2.24, 2.45) is 17.8 Å². The number of hydrogen-bond donors (Lipinski definition) is 1. The van der Waals surface area contributed by atoms with E-state index in [0.29, 0.717) is 6.61 Å². The molecule has 0 aromatic carbocycles. The van der Waals surface area contributed by atoms with Crippen LogP contribution in [0.4, 0.5) is 0 Å². The standard InChI is InChI=1S/C14H25N5O/c1-10(15-5-6-20-2)14-16-17-18-19(14)9-13-8-11-3-4-12(13)7-11/h10-13,15H,3-9H2,1-2H3. The van der Waals surface area contributed by atoms with Gasteiger partial charge >= 0.3 is 0 Å². The summed E-state index contributed by atoms with van der Waals surface area (Å²) in [4.78, 5) is 0. The molecule has 2 saturated carbocycles. The molecule has 1 N–H and O–H groups in total. The largest absolute Gasteiger partial charge is 0.383 e. The van der Waals surface area contributed by atoms with Gasteiger partial charge in [0.2, 0.25) is 0 Å². The van der Waals surface area contributed by atoms with Crippen molar-refractivity contribution >= 4 is 0 Å². The lowest BCUT2D eigenvalue weighted by molar-refractivity contribution is 0.195. The van der Waals surface area contributed by atoms with Crippen molar-refractivity contribution in [3.8, 4) is 0 Å². The van der Waals surface area contributed by atoms with Crippen LogP contribution in [0.25, 0.3) is 0 Å². The average Bonchev–Trinajstić information content (AvgIpc) is 3.15. The van der Waals surface area contributed by atoms with Crippen LogP contribution in [0.3, 0.4) is 0 Å². The summed E-state index contributed by atoms with van der Waals surface area (Å²) >= 11 is 0. The summed E-state index contributed by atoms with van der Waals surface area (Å²) in [6, 6.07) is 0.166. The normalized spacial score (nSPS) is 30.0. The molecule has 2 bridgehead atoms. The summed E-state index contributed by atoms with van der Waals surface area (Å²) < 4.78 is 7.07. The predicted molar refractivity (Wildman–Crippen MR) is 75.0 cm³/mol. The number of fused-ring (bicyclic) bond motifs is 2. The Kier molecular flexibility index (Phi) is 4.31. The molecule has 0 spiro atoms. The molecular formula is C14H25N5O. The Morgan fingerprint density at radius 1 is 1.40 bits per heavy atom. The van der Waals surface area contributed by atoms with Gasteiger partial charge in [0.05, 0.1) is 12.6 Å². The van der Waals surface area contributed by atoms with Gasteiger partial charge in [-0.2, -0.15) is 0 Å². The number of hydrogen-bond acceptors (Lipinski definition) is 5. The second-order valence-electron chi connectivity index (χ2n) is 6.32. The fraction of sp³-hybridized carbons (Fsp3) is 0.929. The third kappa shape index (κ3) is 2.86. The van der Waals surface area contributed by atoms with Crippen LogP contribution in [0.15, 0.2) is 0 Å². The van der Waals surface area contributed by atoms with Gasteiger partial charge in [0.15, 0.2) is 5.82 Å². The zero-order valence-corrected chi connectivity index (χ0v) is 12.5. The Morgan fingerprint density at radius 3 is 3.00 bits per heavy atom. The Bertz CT molecular complexity index is 435. The van der Waals surface area contributed by atoms with Gasteiger partial charge in [0.1, 0.15) is 0 Å². The SMILES string of the molecule is COCCNC(C)c1nnnn1CC1CC2CCC1C2. The Labute approximate surface area is 120 Å². The maximum Gasteiger partial charge on any atom is 0.167 e. The average molecular weight is 279 g/mol. The van der Waals surface area contributed by atoms with Crippen LogP contribution in [-0.4, -0.2) is 40.5 Å². The van der Waals surface area contributed by atoms with Gasteiger partial charge < -0.3 is 10.1 Å². The zero-order chi connectivity index (χ0) is 13.9. The summed E-state index contributed by atoms with van der Waals surface area (Å²) in [7, 11) is 1.71. The van der Waals surface area contributed by atoms with Gasteiger partial charge in [-0.15, -0.1) is 5.10 Å². The highest BCUT2D eigenvalue weighted by atomic mass is 16.5. The van der Waals surface area contributed by atoms with E-state index in [0.717, 1.165) is 36.7 Å². The molecule has 1 heterocycles. The zero-order valence-electron chi connectivity index (χ0n) is 12.5. The molecule has 2 fully saturated rings. The van der Waals surface area contributed by atoms with Crippen LogP contribution in [-0.2, 0) is 11.3 Å². The molecule has 0 amide bonds. The molecule has 4 unspecified atom stereocenters. The highest BCUT2D eigenvalue weighted by Crippen LogP contribution is 2.48. The second-order valence-corrected chi connectivity index (χ2v) is 6.32. The van der Waals surface area contributed by atoms with Crippen LogP contribution >= 0.6 is 0 Å². The van der Waals surface area contributed by atoms with Crippen molar-refractivity contribution in [3.05, 3.63) is 5.82 Å². The first-order chi connectivity index (χ1) is 9.78. The van der Waals surface area contributed by atoms with Gasteiger partial charge in [-0.3, -0.25) is 0 Å². The first kappa shape index (κ1) is 13.9. The molecule has 1 aromatic heterocycles. The molecule has 6 heteroatoms. The molecule has 20 heavy (non-hydrogen) atoms. The van der Waals surface area contributed by atoms with Gasteiger partial charge in [-0.05, 0) is 54.4 Å². The lowest BCUT2D eigenvalue weighted by Gasteiger charge is -2.22. The summed E-state index contributed by atoms with van der Waals surface area (Å²) in [5.74, 6) is 3.61. The number of nitrogens with zero attached hydrogens (tertiary/aromatic N) is 4. The maximum absolute atomic E-state index is 5.06. The van der Waals surface area contributed by atoms with E-state index in [1.165, 1.54) is 25.7 Å². The number of aromatic nitrogens is 4. The van der Waals surface area contributed by atoms with E-state index in [-0.39, 0.29) is 6.04 Å². The molecule has 1 aromatic rings. The summed E-state index contributed by atoms with van der Waals surface area (Å²) in [5, 5.41) is 15.7. The minimum absolute atomic E-state index is 0.166. The number of nitrogens with one attached hydrogen (secondary N) is 1. The lowest BCUT2D eigenvalue weighted by Crippen LogP contribution is -2.27. The van der Waals surface area contributed by atoms with Crippen molar-refractivity contribution < 1.29 is 4.74 Å². The maximum atomic E-state index is 5.06. The Morgan fingerprint density at radius 2 is 2.30 bits per heavy atom. The van der Waals surface area contributed by atoms with Crippen LogP contribution in [0, 0.1) is 17.8 Å². The highest BCUT2D eigenvalue weighted by molar-refractivity contribution is 4.94. The van der Waals surface area contributed by atoms with E-state index in [4.69, 9.17) is 4.74 Å². The minimum atomic E-state index is 0.166. The smallest absolute Gasteiger partial charge is 0.167 e. The third-order valence-electron chi connectivity index (χ3n) is 5.00. The van der Waals surface area contributed by atoms with Gasteiger partial charge in [0.25, 0.3) is 0 Å². The van der Waals surface area contributed by atoms with E-state index >= 15 is 0 Å². The molecule has 0 aliphatic heterocycles. The molecule has 6 nitrogen and oxygen atoms in total.